The molecule has 0 unspecified atom stereocenters. The van der Waals surface area contributed by atoms with E-state index in [4.69, 9.17) is 0 Å². The summed E-state index contributed by atoms with van der Waals surface area (Å²) in [7, 11) is 0. The normalized spacial score (nSPS) is 10.7. The molecule has 0 aliphatic carbocycles. The van der Waals surface area contributed by atoms with Crippen molar-refractivity contribution in [2.45, 2.75) is 0 Å². The fraction of sp³-hybridized carbons (Fsp3) is 0. The molecule has 72 valence electrons. The second kappa shape index (κ2) is 3.36. The third-order valence-electron chi connectivity index (χ3n) is 2.07. The van der Waals surface area contributed by atoms with Crippen LogP contribution in [-0.2, 0) is 0 Å². The van der Waals surface area contributed by atoms with Crippen molar-refractivity contribution in [2.75, 3.05) is 0 Å². The SMILES string of the molecule is c1ccc2nc(-c3csnn3)cnc2c1. The van der Waals surface area contributed by atoms with Crippen molar-refractivity contribution in [3.8, 4) is 11.4 Å². The first-order valence-corrected chi connectivity index (χ1v) is 5.26. The molecule has 1 aromatic carbocycles. The Morgan fingerprint density at radius 2 is 1.87 bits per heavy atom. The van der Waals surface area contributed by atoms with Crippen LogP contribution >= 0.6 is 11.5 Å². The molecule has 2 heterocycles. The standard InChI is InChI=1S/C10H6N4S/c1-2-4-8-7(3-1)11-5-9(12-8)10-6-15-14-13-10/h1-6H. The maximum atomic E-state index is 4.46. The molecule has 0 aliphatic rings. The number of para-hydroxylation sites is 2. The molecule has 0 radical (unpaired) electrons. The molecule has 15 heavy (non-hydrogen) atoms. The highest BCUT2D eigenvalue weighted by molar-refractivity contribution is 7.03. The predicted octanol–water partition coefficient (Wildman–Crippen LogP) is 2.15. The summed E-state index contributed by atoms with van der Waals surface area (Å²) in [6, 6.07) is 7.76. The largest absolute Gasteiger partial charge is 0.252 e. The van der Waals surface area contributed by atoms with E-state index in [1.807, 2.05) is 29.6 Å². The van der Waals surface area contributed by atoms with Crippen LogP contribution < -0.4 is 0 Å². The molecule has 3 aromatic rings. The predicted molar refractivity (Wildman–Crippen MR) is 58.4 cm³/mol. The van der Waals surface area contributed by atoms with Gasteiger partial charge in [0.25, 0.3) is 0 Å². The average molecular weight is 214 g/mol. The molecule has 0 saturated heterocycles. The summed E-state index contributed by atoms with van der Waals surface area (Å²) >= 11 is 1.31. The maximum absolute atomic E-state index is 4.46. The molecule has 0 N–H and O–H groups in total. The number of benzene rings is 1. The summed E-state index contributed by atoms with van der Waals surface area (Å²) in [4.78, 5) is 8.77. The second-order valence-electron chi connectivity index (χ2n) is 3.03. The Bertz CT molecular complexity index is 591. The molecule has 0 amide bonds. The first kappa shape index (κ1) is 8.43. The molecule has 3 rings (SSSR count). The van der Waals surface area contributed by atoms with Crippen molar-refractivity contribution in [1.82, 2.24) is 19.6 Å². The van der Waals surface area contributed by atoms with Gasteiger partial charge in [0.1, 0.15) is 11.4 Å². The van der Waals surface area contributed by atoms with Crippen molar-refractivity contribution in [3.05, 3.63) is 35.8 Å². The fourth-order valence-electron chi connectivity index (χ4n) is 1.36. The van der Waals surface area contributed by atoms with E-state index >= 15 is 0 Å². The highest BCUT2D eigenvalue weighted by Crippen LogP contribution is 2.17. The van der Waals surface area contributed by atoms with Gasteiger partial charge >= 0.3 is 0 Å². The van der Waals surface area contributed by atoms with E-state index in [2.05, 4.69) is 19.6 Å². The number of fused-ring (bicyclic) bond motifs is 1. The Balaban J connectivity index is 2.22. The van der Waals surface area contributed by atoms with Gasteiger partial charge in [-0.05, 0) is 23.7 Å². The number of hydrogen-bond donors (Lipinski definition) is 0. The molecule has 0 bridgehead atoms. The molecule has 0 fully saturated rings. The van der Waals surface area contributed by atoms with E-state index in [-0.39, 0.29) is 0 Å². The van der Waals surface area contributed by atoms with E-state index in [0.717, 1.165) is 22.4 Å². The smallest absolute Gasteiger partial charge is 0.125 e. The highest BCUT2D eigenvalue weighted by Gasteiger charge is 2.04. The van der Waals surface area contributed by atoms with Crippen molar-refractivity contribution >= 4 is 22.6 Å². The van der Waals surface area contributed by atoms with Crippen LogP contribution in [-0.4, -0.2) is 19.6 Å². The monoisotopic (exact) mass is 214 g/mol. The molecule has 0 aliphatic heterocycles. The minimum atomic E-state index is 0.766. The van der Waals surface area contributed by atoms with E-state index in [1.165, 1.54) is 11.5 Å². The molecule has 0 atom stereocenters. The van der Waals surface area contributed by atoms with Crippen LogP contribution in [0, 0.1) is 0 Å². The molecule has 4 nitrogen and oxygen atoms in total. The zero-order chi connectivity index (χ0) is 10.1. The Morgan fingerprint density at radius 1 is 1.00 bits per heavy atom. The second-order valence-corrected chi connectivity index (χ2v) is 3.64. The average Bonchev–Trinajstić information content (AvgIpc) is 2.82. The third-order valence-corrected chi connectivity index (χ3v) is 2.58. The van der Waals surface area contributed by atoms with Crippen molar-refractivity contribution < 1.29 is 0 Å². The lowest BCUT2D eigenvalue weighted by atomic mass is 10.3. The molecule has 5 heteroatoms. The summed E-state index contributed by atoms with van der Waals surface area (Å²) in [5, 5.41) is 5.82. The summed E-state index contributed by atoms with van der Waals surface area (Å²) < 4.78 is 3.80. The highest BCUT2D eigenvalue weighted by atomic mass is 32.1. The number of aromatic nitrogens is 4. The first-order chi connectivity index (χ1) is 7.43. The van der Waals surface area contributed by atoms with Gasteiger partial charge in [-0.1, -0.05) is 16.6 Å². The lowest BCUT2D eigenvalue weighted by Crippen LogP contribution is -1.88. The van der Waals surface area contributed by atoms with Gasteiger partial charge in [-0.2, -0.15) is 0 Å². The Labute approximate surface area is 89.8 Å². The van der Waals surface area contributed by atoms with Crippen LogP contribution in [0.25, 0.3) is 22.4 Å². The summed E-state index contributed by atoms with van der Waals surface area (Å²) in [5.41, 5.74) is 3.31. The van der Waals surface area contributed by atoms with E-state index in [9.17, 15) is 0 Å². The summed E-state index contributed by atoms with van der Waals surface area (Å²) in [5.74, 6) is 0. The molecule has 0 saturated carbocycles. The lowest BCUT2D eigenvalue weighted by Gasteiger charge is -1.97. The van der Waals surface area contributed by atoms with Gasteiger partial charge in [0, 0.05) is 5.38 Å². The van der Waals surface area contributed by atoms with Gasteiger partial charge in [-0.25, -0.2) is 4.98 Å². The van der Waals surface area contributed by atoms with Gasteiger partial charge in [0.05, 0.1) is 17.2 Å². The van der Waals surface area contributed by atoms with Crippen molar-refractivity contribution in [3.63, 3.8) is 0 Å². The number of nitrogens with zero attached hydrogens (tertiary/aromatic N) is 4. The zero-order valence-corrected chi connectivity index (χ0v) is 8.48. The lowest BCUT2D eigenvalue weighted by molar-refractivity contribution is 1.14. The zero-order valence-electron chi connectivity index (χ0n) is 7.66. The van der Waals surface area contributed by atoms with E-state index in [0.29, 0.717) is 0 Å². The topological polar surface area (TPSA) is 51.6 Å². The van der Waals surface area contributed by atoms with Crippen LogP contribution in [0.3, 0.4) is 0 Å². The van der Waals surface area contributed by atoms with Crippen LogP contribution in [0.1, 0.15) is 0 Å². The quantitative estimate of drug-likeness (QED) is 0.622. The number of hydrogen-bond acceptors (Lipinski definition) is 5. The fourth-order valence-corrected chi connectivity index (χ4v) is 1.81. The summed E-state index contributed by atoms with van der Waals surface area (Å²) in [6.45, 7) is 0. The number of rotatable bonds is 1. The molecular weight excluding hydrogens is 208 g/mol. The third kappa shape index (κ3) is 1.46. The van der Waals surface area contributed by atoms with Gasteiger partial charge in [0.15, 0.2) is 0 Å². The van der Waals surface area contributed by atoms with Gasteiger partial charge in [-0.3, -0.25) is 4.98 Å². The molecule has 0 spiro atoms. The first-order valence-electron chi connectivity index (χ1n) is 4.43. The van der Waals surface area contributed by atoms with E-state index < -0.39 is 0 Å². The van der Waals surface area contributed by atoms with Crippen LogP contribution in [0.5, 0.6) is 0 Å². The van der Waals surface area contributed by atoms with Gasteiger partial charge in [-0.15, -0.1) is 5.10 Å². The van der Waals surface area contributed by atoms with Crippen LogP contribution in [0.2, 0.25) is 0 Å². The molecular formula is C10H6N4S. The Kier molecular flexibility index (Phi) is 1.89. The summed E-state index contributed by atoms with van der Waals surface area (Å²) in [6.07, 6.45) is 1.72. The minimum Gasteiger partial charge on any atom is -0.252 e. The van der Waals surface area contributed by atoms with Crippen LogP contribution in [0.15, 0.2) is 35.8 Å². The van der Waals surface area contributed by atoms with Crippen LogP contribution in [0.4, 0.5) is 0 Å². The maximum Gasteiger partial charge on any atom is 0.125 e. The minimum absolute atomic E-state index is 0.766. The van der Waals surface area contributed by atoms with E-state index in [1.54, 1.807) is 6.20 Å². The van der Waals surface area contributed by atoms with Gasteiger partial charge < -0.3 is 0 Å². The Hall–Kier alpha value is -1.88. The van der Waals surface area contributed by atoms with Crippen molar-refractivity contribution in [2.24, 2.45) is 0 Å². The van der Waals surface area contributed by atoms with Gasteiger partial charge in [0.2, 0.25) is 0 Å². The Morgan fingerprint density at radius 3 is 2.67 bits per heavy atom. The molecule has 2 aromatic heterocycles. The van der Waals surface area contributed by atoms with Crippen molar-refractivity contribution in [1.29, 1.82) is 0 Å².